The van der Waals surface area contributed by atoms with Crippen LogP contribution in [0.2, 0.25) is 0 Å². The van der Waals surface area contributed by atoms with Gasteiger partial charge in [-0.3, -0.25) is 9.69 Å². The predicted octanol–water partition coefficient (Wildman–Crippen LogP) is 4.41. The van der Waals surface area contributed by atoms with Crippen LogP contribution >= 0.6 is 0 Å². The zero-order valence-electron chi connectivity index (χ0n) is 13.8. The van der Waals surface area contributed by atoms with Gasteiger partial charge in [0, 0.05) is 12.2 Å². The van der Waals surface area contributed by atoms with Crippen molar-refractivity contribution in [2.45, 2.75) is 12.6 Å². The Morgan fingerprint density at radius 2 is 1.52 bits per heavy atom. The first-order chi connectivity index (χ1) is 12.3. The van der Waals surface area contributed by atoms with E-state index in [0.717, 1.165) is 29.9 Å². The van der Waals surface area contributed by atoms with E-state index in [2.05, 4.69) is 35.2 Å². The van der Waals surface area contributed by atoms with Gasteiger partial charge in [-0.25, -0.2) is 0 Å². The monoisotopic (exact) mass is 326 g/mol. The van der Waals surface area contributed by atoms with E-state index in [1.54, 1.807) is 0 Å². The molecule has 0 aliphatic carbocycles. The predicted molar refractivity (Wildman–Crippen MR) is 99.9 cm³/mol. The number of anilines is 2. The van der Waals surface area contributed by atoms with E-state index in [0.29, 0.717) is 0 Å². The highest BCUT2D eigenvalue weighted by atomic mass is 16.2. The highest BCUT2D eigenvalue weighted by Gasteiger charge is 2.41. The highest BCUT2D eigenvalue weighted by molar-refractivity contribution is 6.12. The SMILES string of the molecule is O=C1c2ccccc2N2CCc3ccccc3C2N1c1ccccc1. The van der Waals surface area contributed by atoms with Crippen molar-refractivity contribution in [1.82, 2.24) is 0 Å². The maximum Gasteiger partial charge on any atom is 0.262 e. The van der Waals surface area contributed by atoms with Crippen molar-refractivity contribution >= 4 is 17.3 Å². The molecule has 0 bridgehead atoms. The van der Waals surface area contributed by atoms with E-state index < -0.39 is 0 Å². The fourth-order valence-electron chi connectivity index (χ4n) is 4.07. The van der Waals surface area contributed by atoms with Crippen LogP contribution in [-0.4, -0.2) is 12.5 Å². The Labute approximate surface area is 147 Å². The molecule has 0 spiro atoms. The number of para-hydroxylation sites is 2. The first-order valence-electron chi connectivity index (χ1n) is 8.67. The van der Waals surface area contributed by atoms with Crippen LogP contribution in [0.3, 0.4) is 0 Å². The maximum absolute atomic E-state index is 13.4. The van der Waals surface area contributed by atoms with Crippen molar-refractivity contribution < 1.29 is 4.79 Å². The first-order valence-corrected chi connectivity index (χ1v) is 8.67. The summed E-state index contributed by atoms with van der Waals surface area (Å²) in [7, 11) is 0. The number of hydrogen-bond acceptors (Lipinski definition) is 2. The van der Waals surface area contributed by atoms with Gasteiger partial charge in [-0.1, -0.05) is 54.6 Å². The lowest BCUT2D eigenvalue weighted by atomic mass is 9.91. The third-order valence-electron chi connectivity index (χ3n) is 5.19. The Bertz CT molecular complexity index is 951. The van der Waals surface area contributed by atoms with Gasteiger partial charge in [-0.15, -0.1) is 0 Å². The van der Waals surface area contributed by atoms with Crippen molar-refractivity contribution in [3.63, 3.8) is 0 Å². The van der Waals surface area contributed by atoms with Crippen molar-refractivity contribution in [1.29, 1.82) is 0 Å². The third-order valence-corrected chi connectivity index (χ3v) is 5.19. The molecule has 0 saturated carbocycles. The standard InChI is InChI=1S/C22H18N2O/c25-22-19-12-6-7-13-20(19)23-15-14-16-8-4-5-11-18(16)21(23)24(22)17-9-2-1-3-10-17/h1-13,21H,14-15H2. The maximum atomic E-state index is 13.4. The van der Waals surface area contributed by atoms with Crippen molar-refractivity contribution in [3.05, 3.63) is 95.6 Å². The number of nitrogens with zero attached hydrogens (tertiary/aromatic N) is 2. The number of hydrogen-bond donors (Lipinski definition) is 0. The summed E-state index contributed by atoms with van der Waals surface area (Å²) in [5.41, 5.74) is 5.31. The summed E-state index contributed by atoms with van der Waals surface area (Å²) in [5.74, 6) is 0.0692. The molecule has 3 aromatic carbocycles. The molecule has 1 atom stereocenters. The number of amides is 1. The third kappa shape index (κ3) is 2.09. The van der Waals surface area contributed by atoms with Crippen LogP contribution in [0.15, 0.2) is 78.9 Å². The number of carbonyl (C=O) groups is 1. The second kappa shape index (κ2) is 5.49. The second-order valence-corrected chi connectivity index (χ2v) is 6.54. The van der Waals surface area contributed by atoms with Gasteiger partial charge in [0.1, 0.15) is 6.17 Å². The van der Waals surface area contributed by atoms with Gasteiger partial charge in [0.05, 0.1) is 11.3 Å². The number of benzene rings is 3. The fraction of sp³-hybridized carbons (Fsp3) is 0.136. The minimum absolute atomic E-state index is 0.0692. The molecule has 3 heteroatoms. The quantitative estimate of drug-likeness (QED) is 0.661. The van der Waals surface area contributed by atoms with Crippen LogP contribution in [0.1, 0.15) is 27.7 Å². The largest absolute Gasteiger partial charge is 0.346 e. The molecular formula is C22H18N2O. The van der Waals surface area contributed by atoms with Gasteiger partial charge in [-0.05, 0) is 41.8 Å². The van der Waals surface area contributed by atoms with Crippen LogP contribution in [0.4, 0.5) is 11.4 Å². The van der Waals surface area contributed by atoms with Crippen LogP contribution in [0.25, 0.3) is 0 Å². The molecule has 1 amide bonds. The number of rotatable bonds is 1. The fourth-order valence-corrected chi connectivity index (χ4v) is 4.07. The average Bonchev–Trinajstić information content (AvgIpc) is 2.69. The molecule has 0 saturated heterocycles. The zero-order valence-corrected chi connectivity index (χ0v) is 13.8. The van der Waals surface area contributed by atoms with Gasteiger partial charge in [-0.2, -0.15) is 0 Å². The van der Waals surface area contributed by atoms with Crippen LogP contribution < -0.4 is 9.80 Å². The van der Waals surface area contributed by atoms with E-state index in [-0.39, 0.29) is 12.1 Å². The highest BCUT2D eigenvalue weighted by Crippen LogP contribution is 2.44. The van der Waals surface area contributed by atoms with Crippen molar-refractivity contribution in [2.24, 2.45) is 0 Å². The molecule has 1 unspecified atom stereocenters. The van der Waals surface area contributed by atoms with E-state index >= 15 is 0 Å². The van der Waals surface area contributed by atoms with Gasteiger partial charge in [0.25, 0.3) is 5.91 Å². The van der Waals surface area contributed by atoms with Gasteiger partial charge < -0.3 is 4.90 Å². The van der Waals surface area contributed by atoms with Gasteiger partial charge >= 0.3 is 0 Å². The number of fused-ring (bicyclic) bond motifs is 5. The normalized spacial score (nSPS) is 18.4. The van der Waals surface area contributed by atoms with Crippen LogP contribution in [0, 0.1) is 0 Å². The lowest BCUT2D eigenvalue weighted by Gasteiger charge is -2.48. The van der Waals surface area contributed by atoms with Crippen molar-refractivity contribution in [3.8, 4) is 0 Å². The Morgan fingerprint density at radius 1 is 0.800 bits per heavy atom. The minimum atomic E-state index is -0.0882. The lowest BCUT2D eigenvalue weighted by Crippen LogP contribution is -2.52. The Morgan fingerprint density at radius 3 is 2.40 bits per heavy atom. The molecule has 2 heterocycles. The summed E-state index contributed by atoms with van der Waals surface area (Å²) in [4.78, 5) is 17.7. The molecule has 122 valence electrons. The average molecular weight is 326 g/mol. The molecule has 0 N–H and O–H groups in total. The molecule has 3 nitrogen and oxygen atoms in total. The molecule has 0 radical (unpaired) electrons. The lowest BCUT2D eigenvalue weighted by molar-refractivity contribution is 0.0967. The number of carbonyl (C=O) groups excluding carboxylic acids is 1. The van der Waals surface area contributed by atoms with E-state index in [9.17, 15) is 4.79 Å². The van der Waals surface area contributed by atoms with Crippen LogP contribution in [-0.2, 0) is 6.42 Å². The van der Waals surface area contributed by atoms with Crippen LogP contribution in [0.5, 0.6) is 0 Å². The summed E-state index contributed by atoms with van der Waals surface area (Å²) in [6.07, 6.45) is 0.910. The van der Waals surface area contributed by atoms with E-state index in [1.807, 2.05) is 53.4 Å². The summed E-state index contributed by atoms with van der Waals surface area (Å²) in [6.45, 7) is 0.912. The molecule has 0 fully saturated rings. The van der Waals surface area contributed by atoms with Crippen molar-refractivity contribution in [2.75, 3.05) is 16.3 Å². The first kappa shape index (κ1) is 14.3. The second-order valence-electron chi connectivity index (χ2n) is 6.54. The molecule has 5 rings (SSSR count). The molecule has 25 heavy (non-hydrogen) atoms. The van der Waals surface area contributed by atoms with E-state index in [4.69, 9.17) is 0 Å². The summed E-state index contributed by atoms with van der Waals surface area (Å²) >= 11 is 0. The smallest absolute Gasteiger partial charge is 0.262 e. The molecular weight excluding hydrogens is 308 g/mol. The van der Waals surface area contributed by atoms with Gasteiger partial charge in [0.2, 0.25) is 0 Å². The minimum Gasteiger partial charge on any atom is -0.346 e. The molecule has 3 aromatic rings. The topological polar surface area (TPSA) is 23.6 Å². The summed E-state index contributed by atoms with van der Waals surface area (Å²) in [5, 5.41) is 0. The molecule has 2 aliphatic heterocycles. The Kier molecular flexibility index (Phi) is 3.14. The Hall–Kier alpha value is -3.07. The Balaban J connectivity index is 1.77. The van der Waals surface area contributed by atoms with E-state index in [1.165, 1.54) is 11.1 Å². The summed E-state index contributed by atoms with van der Waals surface area (Å²) in [6, 6.07) is 26.4. The summed E-state index contributed by atoms with van der Waals surface area (Å²) < 4.78 is 0. The molecule has 0 aromatic heterocycles. The zero-order chi connectivity index (χ0) is 16.8. The molecule has 2 aliphatic rings. The van der Waals surface area contributed by atoms with Gasteiger partial charge in [0.15, 0.2) is 0 Å².